The molecule has 86 valence electrons. The van der Waals surface area contributed by atoms with Crippen molar-refractivity contribution in [1.29, 1.82) is 0 Å². The first-order valence-electron chi connectivity index (χ1n) is 6.32. The maximum atomic E-state index is 3.64. The molecule has 0 amide bonds. The minimum absolute atomic E-state index is 0.683. The maximum absolute atomic E-state index is 3.64. The van der Waals surface area contributed by atoms with E-state index in [0.29, 0.717) is 4.83 Å². The summed E-state index contributed by atoms with van der Waals surface area (Å²) in [5.74, 6) is 0.839. The van der Waals surface area contributed by atoms with Crippen molar-refractivity contribution < 1.29 is 0 Å². The van der Waals surface area contributed by atoms with Gasteiger partial charge in [0, 0.05) is 4.83 Å². The molecule has 0 radical (unpaired) electrons. The first kappa shape index (κ1) is 14.5. The van der Waals surface area contributed by atoms with Crippen LogP contribution in [0.5, 0.6) is 0 Å². The molecule has 0 nitrogen and oxygen atoms in total. The van der Waals surface area contributed by atoms with Crippen LogP contribution in [-0.2, 0) is 0 Å². The van der Waals surface area contributed by atoms with Gasteiger partial charge in [0.1, 0.15) is 0 Å². The summed E-state index contributed by atoms with van der Waals surface area (Å²) < 4.78 is 0. The molecule has 0 bridgehead atoms. The standard InChI is InChI=1S/C13H27Br/c1-4-5-6-7-8-9-10-11-12(2)13(3)14/h12-13H,4-11H2,1-3H3. The molecule has 0 saturated heterocycles. The van der Waals surface area contributed by atoms with Gasteiger partial charge < -0.3 is 0 Å². The summed E-state index contributed by atoms with van der Waals surface area (Å²) in [6.45, 7) is 6.88. The highest BCUT2D eigenvalue weighted by atomic mass is 79.9. The van der Waals surface area contributed by atoms with Crippen molar-refractivity contribution >= 4 is 15.9 Å². The Kier molecular flexibility index (Phi) is 10.4. The minimum atomic E-state index is 0.683. The van der Waals surface area contributed by atoms with E-state index in [9.17, 15) is 0 Å². The fourth-order valence-electron chi connectivity index (χ4n) is 1.65. The summed E-state index contributed by atoms with van der Waals surface area (Å²) in [6, 6.07) is 0. The number of halogens is 1. The predicted molar refractivity (Wildman–Crippen MR) is 70.2 cm³/mol. The van der Waals surface area contributed by atoms with Crippen molar-refractivity contribution in [3.63, 3.8) is 0 Å². The Hall–Kier alpha value is 0.480. The van der Waals surface area contributed by atoms with E-state index in [1.165, 1.54) is 51.4 Å². The van der Waals surface area contributed by atoms with Crippen LogP contribution in [0.3, 0.4) is 0 Å². The molecule has 0 aromatic carbocycles. The van der Waals surface area contributed by atoms with Gasteiger partial charge in [-0.05, 0) is 12.3 Å². The highest BCUT2D eigenvalue weighted by Crippen LogP contribution is 2.19. The van der Waals surface area contributed by atoms with Crippen LogP contribution in [0.2, 0.25) is 0 Å². The van der Waals surface area contributed by atoms with Crippen molar-refractivity contribution in [3.8, 4) is 0 Å². The van der Waals surface area contributed by atoms with Crippen molar-refractivity contribution in [2.24, 2.45) is 5.92 Å². The lowest BCUT2D eigenvalue weighted by atomic mass is 10.00. The number of alkyl halides is 1. The molecule has 0 aliphatic heterocycles. The Morgan fingerprint density at radius 2 is 1.36 bits per heavy atom. The van der Waals surface area contributed by atoms with E-state index < -0.39 is 0 Å². The zero-order valence-corrected chi connectivity index (χ0v) is 11.8. The van der Waals surface area contributed by atoms with Crippen LogP contribution in [0.25, 0.3) is 0 Å². The SMILES string of the molecule is CCCCCCCCCC(C)C(C)Br. The third-order valence-electron chi connectivity index (χ3n) is 3.05. The van der Waals surface area contributed by atoms with Crippen molar-refractivity contribution in [3.05, 3.63) is 0 Å². The van der Waals surface area contributed by atoms with E-state index in [-0.39, 0.29) is 0 Å². The Morgan fingerprint density at radius 3 is 1.86 bits per heavy atom. The fourth-order valence-corrected chi connectivity index (χ4v) is 1.92. The Labute approximate surface area is 99.0 Å². The third-order valence-corrected chi connectivity index (χ3v) is 3.95. The van der Waals surface area contributed by atoms with Crippen LogP contribution >= 0.6 is 15.9 Å². The summed E-state index contributed by atoms with van der Waals surface area (Å²) >= 11 is 3.64. The van der Waals surface area contributed by atoms with Gasteiger partial charge in [0.25, 0.3) is 0 Å². The summed E-state index contributed by atoms with van der Waals surface area (Å²) in [5, 5.41) is 0. The smallest absolute Gasteiger partial charge is 0.0143 e. The van der Waals surface area contributed by atoms with Crippen molar-refractivity contribution in [2.45, 2.75) is 77.0 Å². The van der Waals surface area contributed by atoms with Gasteiger partial charge in [0.15, 0.2) is 0 Å². The largest absolute Gasteiger partial charge is 0.0891 e. The first-order chi connectivity index (χ1) is 6.68. The van der Waals surface area contributed by atoms with Crippen LogP contribution in [0.1, 0.15) is 72.1 Å². The first-order valence-corrected chi connectivity index (χ1v) is 7.24. The number of hydrogen-bond acceptors (Lipinski definition) is 0. The van der Waals surface area contributed by atoms with Crippen LogP contribution in [-0.4, -0.2) is 4.83 Å². The highest BCUT2D eigenvalue weighted by molar-refractivity contribution is 9.09. The molecule has 0 aromatic heterocycles. The van der Waals surface area contributed by atoms with Gasteiger partial charge in [0.2, 0.25) is 0 Å². The van der Waals surface area contributed by atoms with E-state index in [1.807, 2.05) is 0 Å². The molecule has 0 N–H and O–H groups in total. The van der Waals surface area contributed by atoms with E-state index in [0.717, 1.165) is 5.92 Å². The molecule has 1 heteroatoms. The van der Waals surface area contributed by atoms with Crippen LogP contribution in [0.4, 0.5) is 0 Å². The average molecular weight is 263 g/mol. The lowest BCUT2D eigenvalue weighted by Gasteiger charge is -2.13. The Balaban J connectivity index is 3.06. The molecule has 0 aliphatic carbocycles. The van der Waals surface area contributed by atoms with Gasteiger partial charge in [-0.25, -0.2) is 0 Å². The summed E-state index contributed by atoms with van der Waals surface area (Å²) in [6.07, 6.45) is 11.4. The molecule has 0 fully saturated rings. The topological polar surface area (TPSA) is 0 Å². The normalized spacial score (nSPS) is 15.4. The van der Waals surface area contributed by atoms with Gasteiger partial charge in [-0.3, -0.25) is 0 Å². The van der Waals surface area contributed by atoms with Crippen molar-refractivity contribution in [1.82, 2.24) is 0 Å². The molecule has 14 heavy (non-hydrogen) atoms. The molecule has 0 spiro atoms. The average Bonchev–Trinajstić information content (AvgIpc) is 2.16. The summed E-state index contributed by atoms with van der Waals surface area (Å²) in [4.78, 5) is 0.683. The highest BCUT2D eigenvalue weighted by Gasteiger charge is 2.07. The Morgan fingerprint density at radius 1 is 0.857 bits per heavy atom. The zero-order valence-electron chi connectivity index (χ0n) is 10.2. The van der Waals surface area contributed by atoms with Crippen LogP contribution in [0.15, 0.2) is 0 Å². The second kappa shape index (κ2) is 10.0. The minimum Gasteiger partial charge on any atom is -0.0891 e. The van der Waals surface area contributed by atoms with Gasteiger partial charge in [-0.15, -0.1) is 0 Å². The number of unbranched alkanes of at least 4 members (excludes halogenated alkanes) is 6. The zero-order chi connectivity index (χ0) is 10.8. The molecular formula is C13H27Br. The van der Waals surface area contributed by atoms with Gasteiger partial charge in [0.05, 0.1) is 0 Å². The summed E-state index contributed by atoms with van der Waals surface area (Å²) in [7, 11) is 0. The predicted octanol–water partition coefficient (Wildman–Crippen LogP) is 5.55. The lowest BCUT2D eigenvalue weighted by molar-refractivity contribution is 0.482. The molecule has 0 aliphatic rings. The molecule has 0 saturated carbocycles. The lowest BCUT2D eigenvalue weighted by Crippen LogP contribution is -2.05. The monoisotopic (exact) mass is 262 g/mol. The van der Waals surface area contributed by atoms with Crippen LogP contribution < -0.4 is 0 Å². The van der Waals surface area contributed by atoms with Crippen molar-refractivity contribution in [2.75, 3.05) is 0 Å². The third kappa shape index (κ3) is 9.05. The molecule has 0 rings (SSSR count). The quantitative estimate of drug-likeness (QED) is 0.378. The van der Waals surface area contributed by atoms with E-state index in [4.69, 9.17) is 0 Å². The van der Waals surface area contributed by atoms with Gasteiger partial charge in [-0.2, -0.15) is 0 Å². The molecule has 2 atom stereocenters. The van der Waals surface area contributed by atoms with Crippen LogP contribution in [0, 0.1) is 5.92 Å². The molecule has 2 unspecified atom stereocenters. The fraction of sp³-hybridized carbons (Fsp3) is 1.00. The number of rotatable bonds is 9. The molecular weight excluding hydrogens is 236 g/mol. The second-order valence-corrected chi connectivity index (χ2v) is 6.01. The Bertz CT molecular complexity index is 110. The summed E-state index contributed by atoms with van der Waals surface area (Å²) in [5.41, 5.74) is 0. The van der Waals surface area contributed by atoms with E-state index >= 15 is 0 Å². The van der Waals surface area contributed by atoms with Gasteiger partial charge in [-0.1, -0.05) is 81.6 Å². The van der Waals surface area contributed by atoms with Gasteiger partial charge >= 0.3 is 0 Å². The molecule has 0 aromatic rings. The number of hydrogen-bond donors (Lipinski definition) is 0. The van der Waals surface area contributed by atoms with E-state index in [1.54, 1.807) is 0 Å². The maximum Gasteiger partial charge on any atom is 0.0143 e. The second-order valence-electron chi connectivity index (χ2n) is 4.56. The molecule has 0 heterocycles. The van der Waals surface area contributed by atoms with E-state index in [2.05, 4.69) is 36.7 Å².